The average molecular weight is 475 g/mol. The molecule has 0 saturated heterocycles. The number of anilines is 1. The smallest absolute Gasteiger partial charge is 0.325 e. The van der Waals surface area contributed by atoms with E-state index in [0.717, 1.165) is 17.8 Å². The first-order valence-electron chi connectivity index (χ1n) is 10.1. The van der Waals surface area contributed by atoms with Gasteiger partial charge in [0.1, 0.15) is 0 Å². The fourth-order valence-electron chi connectivity index (χ4n) is 3.54. The molecule has 11 heteroatoms. The van der Waals surface area contributed by atoms with Gasteiger partial charge in [0.15, 0.2) is 5.16 Å². The molecule has 172 valence electrons. The number of aromatic nitrogens is 4. The summed E-state index contributed by atoms with van der Waals surface area (Å²) in [4.78, 5) is 25.7. The average Bonchev–Trinajstić information content (AvgIpc) is 3.19. The summed E-state index contributed by atoms with van der Waals surface area (Å²) in [5, 5.41) is 10.7. The lowest BCUT2D eigenvalue weighted by atomic mass is 10.1. The van der Waals surface area contributed by atoms with Crippen molar-refractivity contribution in [1.29, 1.82) is 0 Å². The van der Waals surface area contributed by atoms with Gasteiger partial charge >= 0.3 is 6.18 Å². The number of aryl methyl sites for hydroxylation is 1. The second-order valence-electron chi connectivity index (χ2n) is 7.81. The van der Waals surface area contributed by atoms with E-state index in [0.29, 0.717) is 21.8 Å². The summed E-state index contributed by atoms with van der Waals surface area (Å²) in [7, 11) is 1.58. The zero-order chi connectivity index (χ0) is 23.9. The molecule has 2 heterocycles. The van der Waals surface area contributed by atoms with Crippen LogP contribution in [-0.2, 0) is 18.0 Å². The molecule has 0 saturated carbocycles. The van der Waals surface area contributed by atoms with E-state index in [2.05, 4.69) is 15.5 Å². The molecule has 0 aliphatic heterocycles. The summed E-state index contributed by atoms with van der Waals surface area (Å²) in [5.41, 5.74) is -0.877. The molecule has 33 heavy (non-hydrogen) atoms. The molecule has 2 aromatic carbocycles. The Labute approximate surface area is 190 Å². The van der Waals surface area contributed by atoms with E-state index in [9.17, 15) is 22.8 Å². The molecular weight excluding hydrogens is 455 g/mol. The number of nitrogens with zero attached hydrogens (tertiary/aromatic N) is 4. The maximum atomic E-state index is 13.4. The molecule has 7 nitrogen and oxygen atoms in total. The van der Waals surface area contributed by atoms with E-state index >= 15 is 0 Å². The molecule has 1 atom stereocenters. The molecule has 1 amide bonds. The standard InChI is InChI=1S/C22H20F3N5O2S/c1-12(2)17(18(31)26-15-10-6-5-9-14(15)22(23,24)25)33-21-28-27-20-29(3)19(32)13-8-4-7-11-16(13)30(20)21/h4-12,17H,1-3H3,(H,26,31). The Bertz CT molecular complexity index is 1410. The SMILES string of the molecule is CC(C)C(Sc1nnc2n(C)c(=O)c3ccccc3n12)C(=O)Nc1ccccc1C(F)(F)F. The Morgan fingerprint density at radius 2 is 1.73 bits per heavy atom. The Kier molecular flexibility index (Phi) is 5.91. The van der Waals surface area contributed by atoms with Crippen LogP contribution < -0.4 is 10.9 Å². The molecule has 4 rings (SSSR count). The normalized spacial score (nSPS) is 13.1. The van der Waals surface area contributed by atoms with Crippen LogP contribution in [0.15, 0.2) is 58.5 Å². The Morgan fingerprint density at radius 1 is 1.06 bits per heavy atom. The molecule has 0 spiro atoms. The van der Waals surface area contributed by atoms with Gasteiger partial charge in [0.2, 0.25) is 11.7 Å². The lowest BCUT2D eigenvalue weighted by molar-refractivity contribution is -0.137. The maximum Gasteiger partial charge on any atom is 0.418 e. The third kappa shape index (κ3) is 4.20. The number of para-hydroxylation sites is 2. The van der Waals surface area contributed by atoms with E-state index in [-0.39, 0.29) is 17.2 Å². The van der Waals surface area contributed by atoms with Crippen LogP contribution in [-0.4, -0.2) is 30.3 Å². The van der Waals surface area contributed by atoms with Crippen molar-refractivity contribution in [2.75, 3.05) is 5.32 Å². The van der Waals surface area contributed by atoms with Crippen LogP contribution >= 0.6 is 11.8 Å². The molecule has 0 radical (unpaired) electrons. The number of rotatable bonds is 5. The predicted molar refractivity (Wildman–Crippen MR) is 120 cm³/mol. The number of carbonyl (C=O) groups is 1. The minimum absolute atomic E-state index is 0.232. The summed E-state index contributed by atoms with van der Waals surface area (Å²) < 4.78 is 43.1. The van der Waals surface area contributed by atoms with Gasteiger partial charge in [-0.05, 0) is 30.2 Å². The fourth-order valence-corrected chi connectivity index (χ4v) is 4.58. The zero-order valence-electron chi connectivity index (χ0n) is 17.9. The number of amides is 1. The van der Waals surface area contributed by atoms with Gasteiger partial charge in [-0.25, -0.2) is 0 Å². The number of fused-ring (bicyclic) bond motifs is 3. The number of hydrogen-bond acceptors (Lipinski definition) is 5. The quantitative estimate of drug-likeness (QED) is 0.434. The minimum atomic E-state index is -4.60. The van der Waals surface area contributed by atoms with Crippen molar-refractivity contribution >= 4 is 40.0 Å². The van der Waals surface area contributed by atoms with Crippen molar-refractivity contribution in [2.24, 2.45) is 13.0 Å². The third-order valence-corrected chi connectivity index (χ3v) is 6.67. The number of carbonyl (C=O) groups excluding carboxylic acids is 1. The Balaban J connectivity index is 1.73. The second-order valence-corrected chi connectivity index (χ2v) is 8.92. The number of nitrogens with one attached hydrogen (secondary N) is 1. The monoisotopic (exact) mass is 475 g/mol. The number of alkyl halides is 3. The third-order valence-electron chi connectivity index (χ3n) is 5.18. The first kappa shape index (κ1) is 22.8. The summed E-state index contributed by atoms with van der Waals surface area (Å²) in [6.07, 6.45) is -4.60. The minimum Gasteiger partial charge on any atom is -0.325 e. The topological polar surface area (TPSA) is 81.3 Å². The first-order valence-corrected chi connectivity index (χ1v) is 10.9. The summed E-state index contributed by atoms with van der Waals surface area (Å²) in [6.45, 7) is 3.59. The van der Waals surface area contributed by atoms with Crippen LogP contribution in [0.2, 0.25) is 0 Å². The van der Waals surface area contributed by atoms with Crippen LogP contribution in [0.4, 0.5) is 18.9 Å². The fraction of sp³-hybridized carbons (Fsp3) is 0.273. The highest BCUT2D eigenvalue weighted by atomic mass is 32.2. The second kappa shape index (κ2) is 8.54. The van der Waals surface area contributed by atoms with Gasteiger partial charge in [0.05, 0.1) is 27.4 Å². The van der Waals surface area contributed by atoms with Gasteiger partial charge in [-0.15, -0.1) is 10.2 Å². The van der Waals surface area contributed by atoms with Crippen molar-refractivity contribution in [1.82, 2.24) is 19.2 Å². The number of thioether (sulfide) groups is 1. The van der Waals surface area contributed by atoms with E-state index < -0.39 is 22.9 Å². The Morgan fingerprint density at radius 3 is 2.42 bits per heavy atom. The highest BCUT2D eigenvalue weighted by Gasteiger charge is 2.35. The molecule has 2 aromatic heterocycles. The Hall–Kier alpha value is -3.34. The number of halogens is 3. The van der Waals surface area contributed by atoms with Crippen LogP contribution in [0.1, 0.15) is 19.4 Å². The van der Waals surface area contributed by atoms with E-state index in [1.54, 1.807) is 49.6 Å². The lowest BCUT2D eigenvalue weighted by Crippen LogP contribution is -2.30. The van der Waals surface area contributed by atoms with Crippen molar-refractivity contribution in [2.45, 2.75) is 30.4 Å². The van der Waals surface area contributed by atoms with Gasteiger partial charge in [-0.3, -0.25) is 18.6 Å². The molecule has 1 unspecified atom stereocenters. The van der Waals surface area contributed by atoms with Crippen molar-refractivity contribution in [3.05, 3.63) is 64.4 Å². The van der Waals surface area contributed by atoms with Gasteiger partial charge in [0, 0.05) is 7.05 Å². The van der Waals surface area contributed by atoms with Gasteiger partial charge in [-0.1, -0.05) is 49.9 Å². The van der Waals surface area contributed by atoms with Crippen LogP contribution in [0.25, 0.3) is 16.7 Å². The van der Waals surface area contributed by atoms with Crippen LogP contribution in [0, 0.1) is 5.92 Å². The molecule has 0 fully saturated rings. The van der Waals surface area contributed by atoms with Crippen LogP contribution in [0.3, 0.4) is 0 Å². The molecule has 1 N–H and O–H groups in total. The van der Waals surface area contributed by atoms with E-state index in [1.807, 2.05) is 0 Å². The highest BCUT2D eigenvalue weighted by Crippen LogP contribution is 2.36. The summed E-state index contributed by atoms with van der Waals surface area (Å²) in [6, 6.07) is 11.8. The first-order chi connectivity index (χ1) is 15.6. The molecular formula is C22H20F3N5O2S. The molecule has 0 aliphatic carbocycles. The number of hydrogen-bond donors (Lipinski definition) is 1. The van der Waals surface area contributed by atoms with Crippen molar-refractivity contribution in [3.8, 4) is 0 Å². The molecule has 0 aliphatic rings. The maximum absolute atomic E-state index is 13.4. The van der Waals surface area contributed by atoms with E-state index in [4.69, 9.17) is 0 Å². The van der Waals surface area contributed by atoms with Gasteiger partial charge < -0.3 is 5.32 Å². The summed E-state index contributed by atoms with van der Waals surface area (Å²) in [5.74, 6) is -0.525. The van der Waals surface area contributed by atoms with Gasteiger partial charge in [-0.2, -0.15) is 13.2 Å². The predicted octanol–water partition coefficient (Wildman–Crippen LogP) is 4.36. The molecule has 0 bridgehead atoms. The largest absolute Gasteiger partial charge is 0.418 e. The van der Waals surface area contributed by atoms with Crippen molar-refractivity contribution < 1.29 is 18.0 Å². The zero-order valence-corrected chi connectivity index (χ0v) is 18.7. The number of benzene rings is 2. The van der Waals surface area contributed by atoms with Crippen molar-refractivity contribution in [3.63, 3.8) is 0 Å². The highest BCUT2D eigenvalue weighted by molar-refractivity contribution is 8.00. The summed E-state index contributed by atoms with van der Waals surface area (Å²) >= 11 is 1.08. The van der Waals surface area contributed by atoms with Crippen LogP contribution in [0.5, 0.6) is 0 Å². The van der Waals surface area contributed by atoms with Gasteiger partial charge in [0.25, 0.3) is 5.56 Å². The molecule has 4 aromatic rings. The van der Waals surface area contributed by atoms with E-state index in [1.165, 1.54) is 22.8 Å². The lowest BCUT2D eigenvalue weighted by Gasteiger charge is -2.21.